The number of nitrogens with zero attached hydrogens (tertiary/aromatic N) is 2. The zero-order valence-corrected chi connectivity index (χ0v) is 33.6. The average molecular weight is 759 g/mol. The van der Waals surface area contributed by atoms with Crippen molar-refractivity contribution >= 4 is 55.7 Å². The number of benzene rings is 9. The first kappa shape index (κ1) is 34.0. The van der Waals surface area contributed by atoms with E-state index in [0.29, 0.717) is 0 Å². The third-order valence-electron chi connectivity index (χ3n) is 13.4. The molecule has 9 aromatic rings. The SMILES string of the molecule is CC1(C)c2ccccc2-c2ccc(N(c3cccc(-c4ccc5c6c4Oc4ccc7ccccc7c4N6c4ccccc4C5(C)C)c3)c3cccc4ccccc34)cc21. The Bertz CT molecular complexity index is 3220. The van der Waals surface area contributed by atoms with Crippen LogP contribution < -0.4 is 14.5 Å². The second-order valence-electron chi connectivity index (χ2n) is 17.3. The van der Waals surface area contributed by atoms with E-state index in [1.165, 1.54) is 60.6 Å². The van der Waals surface area contributed by atoms with Crippen LogP contribution in [0.4, 0.5) is 34.1 Å². The van der Waals surface area contributed by atoms with Gasteiger partial charge in [0.1, 0.15) is 0 Å². The lowest BCUT2D eigenvalue weighted by molar-refractivity contribution is 0.474. The van der Waals surface area contributed by atoms with Gasteiger partial charge in [-0.05, 0) is 92.2 Å². The molecule has 12 rings (SSSR count). The van der Waals surface area contributed by atoms with Gasteiger partial charge < -0.3 is 14.5 Å². The van der Waals surface area contributed by atoms with E-state index in [4.69, 9.17) is 4.74 Å². The van der Waals surface area contributed by atoms with Crippen LogP contribution in [-0.4, -0.2) is 0 Å². The summed E-state index contributed by atoms with van der Waals surface area (Å²) in [4.78, 5) is 4.93. The maximum absolute atomic E-state index is 7.20. The second-order valence-corrected chi connectivity index (χ2v) is 17.3. The molecule has 0 N–H and O–H groups in total. The quantitative estimate of drug-likeness (QED) is 0.178. The molecular weight excluding hydrogens is 717 g/mol. The van der Waals surface area contributed by atoms with Crippen molar-refractivity contribution in [2.75, 3.05) is 9.80 Å². The smallest absolute Gasteiger partial charge is 0.159 e. The molecule has 1 aliphatic carbocycles. The summed E-state index contributed by atoms with van der Waals surface area (Å²) < 4.78 is 7.20. The van der Waals surface area contributed by atoms with Gasteiger partial charge >= 0.3 is 0 Å². The number of anilines is 6. The molecule has 0 fully saturated rings. The fourth-order valence-corrected chi connectivity index (χ4v) is 10.5. The van der Waals surface area contributed by atoms with Gasteiger partial charge in [0.25, 0.3) is 0 Å². The molecule has 3 aliphatic rings. The normalized spacial score (nSPS) is 14.8. The van der Waals surface area contributed by atoms with Gasteiger partial charge in [0, 0.05) is 38.5 Å². The van der Waals surface area contributed by atoms with Crippen LogP contribution in [0.2, 0.25) is 0 Å². The highest BCUT2D eigenvalue weighted by atomic mass is 16.5. The van der Waals surface area contributed by atoms with E-state index in [1.807, 2.05) is 0 Å². The maximum atomic E-state index is 7.20. The number of hydrogen-bond acceptors (Lipinski definition) is 3. The molecule has 0 unspecified atom stereocenters. The molecular formula is C56H42N2O. The molecule has 59 heavy (non-hydrogen) atoms. The van der Waals surface area contributed by atoms with Gasteiger partial charge in [0.05, 0.1) is 22.7 Å². The monoisotopic (exact) mass is 758 g/mol. The van der Waals surface area contributed by atoms with Gasteiger partial charge in [-0.2, -0.15) is 0 Å². The Hall–Kier alpha value is -7.10. The number of para-hydroxylation sites is 1. The van der Waals surface area contributed by atoms with E-state index in [1.54, 1.807) is 0 Å². The van der Waals surface area contributed by atoms with E-state index < -0.39 is 0 Å². The number of ether oxygens (including phenoxy) is 1. The molecule has 0 aromatic heterocycles. The number of rotatable bonds is 4. The Morgan fingerprint density at radius 2 is 1.08 bits per heavy atom. The predicted octanol–water partition coefficient (Wildman–Crippen LogP) is 15.7. The lowest BCUT2D eigenvalue weighted by atomic mass is 9.72. The van der Waals surface area contributed by atoms with Gasteiger partial charge in [-0.3, -0.25) is 0 Å². The highest BCUT2D eigenvalue weighted by Gasteiger charge is 2.43. The van der Waals surface area contributed by atoms with E-state index in [2.05, 4.69) is 219 Å². The van der Waals surface area contributed by atoms with E-state index in [-0.39, 0.29) is 10.8 Å². The maximum Gasteiger partial charge on any atom is 0.159 e. The van der Waals surface area contributed by atoms with Crippen molar-refractivity contribution in [3.63, 3.8) is 0 Å². The summed E-state index contributed by atoms with van der Waals surface area (Å²) in [5.41, 5.74) is 16.5. The minimum Gasteiger partial charge on any atom is -0.452 e. The molecule has 2 heterocycles. The standard InChI is InChI=1S/C56H42N2O/c1-55(2)45-23-10-9-22-43(45)44-29-28-39(34-48(44)55)57(49-26-14-17-35-15-5-7-20-40(35)49)38-19-13-18-37(33-38)42-30-31-47-53-54(42)59-51-32-27-36-16-6-8-21-41(36)52(51)58(53)50-25-12-11-24-46(50)56(47,3)4/h5-34H,1-4H3. The zero-order chi connectivity index (χ0) is 39.6. The molecule has 0 saturated heterocycles. The molecule has 9 aromatic carbocycles. The molecule has 0 atom stereocenters. The van der Waals surface area contributed by atoms with Crippen molar-refractivity contribution in [3.05, 3.63) is 204 Å². The van der Waals surface area contributed by atoms with Crippen LogP contribution in [0.25, 0.3) is 43.8 Å². The molecule has 3 nitrogen and oxygen atoms in total. The third-order valence-corrected chi connectivity index (χ3v) is 13.4. The van der Waals surface area contributed by atoms with E-state index >= 15 is 0 Å². The zero-order valence-electron chi connectivity index (χ0n) is 33.6. The summed E-state index contributed by atoms with van der Waals surface area (Å²) in [5.74, 6) is 1.75. The highest BCUT2D eigenvalue weighted by Crippen LogP contribution is 2.63. The Balaban J connectivity index is 1.07. The summed E-state index contributed by atoms with van der Waals surface area (Å²) in [6.45, 7) is 9.40. The molecule has 0 saturated carbocycles. The van der Waals surface area contributed by atoms with Gasteiger partial charge in [0.2, 0.25) is 0 Å². The molecule has 3 heteroatoms. The Labute approximate surface area is 345 Å². The predicted molar refractivity (Wildman–Crippen MR) is 246 cm³/mol. The lowest BCUT2D eigenvalue weighted by Gasteiger charge is -2.45. The average Bonchev–Trinajstić information content (AvgIpc) is 3.50. The van der Waals surface area contributed by atoms with Crippen molar-refractivity contribution in [2.24, 2.45) is 0 Å². The topological polar surface area (TPSA) is 15.7 Å². The van der Waals surface area contributed by atoms with Crippen molar-refractivity contribution in [1.82, 2.24) is 0 Å². The first-order valence-corrected chi connectivity index (χ1v) is 20.7. The Kier molecular flexibility index (Phi) is 7.03. The van der Waals surface area contributed by atoms with Crippen LogP contribution >= 0.6 is 0 Å². The summed E-state index contributed by atoms with van der Waals surface area (Å²) in [7, 11) is 0. The molecule has 0 bridgehead atoms. The molecule has 282 valence electrons. The fraction of sp³-hybridized carbons (Fsp3) is 0.107. The first-order valence-electron chi connectivity index (χ1n) is 20.7. The van der Waals surface area contributed by atoms with Gasteiger partial charge in [-0.1, -0.05) is 167 Å². The number of hydrogen-bond donors (Lipinski definition) is 0. The Morgan fingerprint density at radius 3 is 1.95 bits per heavy atom. The third kappa shape index (κ3) is 4.76. The molecule has 2 aliphatic heterocycles. The highest BCUT2D eigenvalue weighted by molar-refractivity contribution is 6.07. The van der Waals surface area contributed by atoms with Crippen molar-refractivity contribution in [1.29, 1.82) is 0 Å². The number of fused-ring (bicyclic) bond motifs is 10. The molecule has 0 radical (unpaired) electrons. The van der Waals surface area contributed by atoms with Crippen molar-refractivity contribution in [3.8, 4) is 33.8 Å². The minimum atomic E-state index is -0.241. The minimum absolute atomic E-state index is 0.128. The second kappa shape index (κ2) is 12.2. The summed E-state index contributed by atoms with van der Waals surface area (Å²) >= 11 is 0. The Morgan fingerprint density at radius 1 is 0.441 bits per heavy atom. The van der Waals surface area contributed by atoms with Gasteiger partial charge in [-0.15, -0.1) is 0 Å². The van der Waals surface area contributed by atoms with Crippen LogP contribution in [0.3, 0.4) is 0 Å². The van der Waals surface area contributed by atoms with Gasteiger partial charge in [-0.25, -0.2) is 0 Å². The van der Waals surface area contributed by atoms with Crippen molar-refractivity contribution in [2.45, 2.75) is 38.5 Å². The largest absolute Gasteiger partial charge is 0.452 e. The lowest BCUT2D eigenvalue weighted by Crippen LogP contribution is -2.32. The van der Waals surface area contributed by atoms with Gasteiger partial charge in [0.15, 0.2) is 11.5 Å². The van der Waals surface area contributed by atoms with E-state index in [0.717, 1.165) is 51.1 Å². The van der Waals surface area contributed by atoms with Crippen molar-refractivity contribution < 1.29 is 4.74 Å². The van der Waals surface area contributed by atoms with Crippen LogP contribution in [0, 0.1) is 0 Å². The molecule has 0 amide bonds. The van der Waals surface area contributed by atoms with Crippen LogP contribution in [0.1, 0.15) is 49.9 Å². The molecule has 0 spiro atoms. The summed E-state index contributed by atoms with van der Waals surface area (Å²) in [6.07, 6.45) is 0. The van der Waals surface area contributed by atoms with Crippen LogP contribution in [0.15, 0.2) is 182 Å². The van der Waals surface area contributed by atoms with Crippen LogP contribution in [-0.2, 0) is 10.8 Å². The van der Waals surface area contributed by atoms with Crippen LogP contribution in [0.5, 0.6) is 11.5 Å². The first-order chi connectivity index (χ1) is 28.8. The summed E-state index contributed by atoms with van der Waals surface area (Å²) in [5, 5.41) is 4.78. The van der Waals surface area contributed by atoms with E-state index in [9.17, 15) is 0 Å². The summed E-state index contributed by atoms with van der Waals surface area (Å²) in [6, 6.07) is 66.8. The fourth-order valence-electron chi connectivity index (χ4n) is 10.5.